The van der Waals surface area contributed by atoms with Crippen LogP contribution < -0.4 is 10.6 Å². The van der Waals surface area contributed by atoms with Crippen LogP contribution in [0.4, 0.5) is 24.5 Å². The molecular weight excluding hydrogens is 477 g/mol. The fourth-order valence-electron chi connectivity index (χ4n) is 4.26. The zero-order valence-electron chi connectivity index (χ0n) is 19.9. The summed E-state index contributed by atoms with van der Waals surface area (Å²) in [5.41, 5.74) is 5.87. The lowest BCUT2D eigenvalue weighted by Gasteiger charge is -2.36. The van der Waals surface area contributed by atoms with Crippen LogP contribution in [0.15, 0.2) is 42.5 Å². The number of unbranched alkanes of at least 4 members (excludes halogenated alkanes) is 1. The van der Waals surface area contributed by atoms with E-state index in [1.54, 1.807) is 30.3 Å². The van der Waals surface area contributed by atoms with Gasteiger partial charge in [0, 0.05) is 51.0 Å². The SMILES string of the molecule is CC(=O)O.Nc1ccc(N2CCN(CCCCN3C(=O)c4ccccc4C3=O)CC2)cc1C(F)(F)F. The van der Waals surface area contributed by atoms with Crippen LogP contribution in [0.1, 0.15) is 46.0 Å². The number of carbonyl (C=O) groups is 3. The first kappa shape index (κ1) is 27.0. The number of carboxylic acid groups (broad SMARTS) is 1. The third-order valence-corrected chi connectivity index (χ3v) is 6.06. The number of amides is 2. The fraction of sp³-hybridized carbons (Fsp3) is 0.400. The van der Waals surface area contributed by atoms with E-state index in [1.807, 2.05) is 4.90 Å². The molecule has 3 N–H and O–H groups in total. The van der Waals surface area contributed by atoms with E-state index in [1.165, 1.54) is 11.0 Å². The maximum absolute atomic E-state index is 13.1. The third-order valence-electron chi connectivity index (χ3n) is 6.06. The first-order valence-electron chi connectivity index (χ1n) is 11.6. The summed E-state index contributed by atoms with van der Waals surface area (Å²) in [6.07, 6.45) is -2.94. The number of hydrogen-bond acceptors (Lipinski definition) is 6. The molecule has 36 heavy (non-hydrogen) atoms. The summed E-state index contributed by atoms with van der Waals surface area (Å²) in [4.78, 5) is 39.3. The molecule has 2 amide bonds. The molecule has 0 bridgehead atoms. The van der Waals surface area contributed by atoms with Crippen molar-refractivity contribution in [1.29, 1.82) is 0 Å². The van der Waals surface area contributed by atoms with E-state index < -0.39 is 17.7 Å². The maximum Gasteiger partial charge on any atom is 0.418 e. The largest absolute Gasteiger partial charge is 0.481 e. The molecule has 0 radical (unpaired) electrons. The number of rotatable bonds is 6. The van der Waals surface area contributed by atoms with Crippen LogP contribution in [0.3, 0.4) is 0 Å². The summed E-state index contributed by atoms with van der Waals surface area (Å²) in [5.74, 6) is -1.30. The van der Waals surface area contributed by atoms with Crippen molar-refractivity contribution in [2.45, 2.75) is 25.9 Å². The number of imide groups is 1. The van der Waals surface area contributed by atoms with Gasteiger partial charge in [-0.25, -0.2) is 0 Å². The first-order chi connectivity index (χ1) is 17.0. The molecule has 2 aromatic carbocycles. The Labute approximate surface area is 207 Å². The molecule has 194 valence electrons. The summed E-state index contributed by atoms with van der Waals surface area (Å²) in [6, 6.07) is 10.9. The Kier molecular flexibility index (Phi) is 8.57. The summed E-state index contributed by atoms with van der Waals surface area (Å²) < 4.78 is 39.3. The topological polar surface area (TPSA) is 107 Å². The maximum atomic E-state index is 13.1. The number of nitrogens with zero attached hydrogens (tertiary/aromatic N) is 3. The summed E-state index contributed by atoms with van der Waals surface area (Å²) in [7, 11) is 0. The molecule has 0 unspecified atom stereocenters. The van der Waals surface area contributed by atoms with E-state index in [2.05, 4.69) is 4.90 Å². The summed E-state index contributed by atoms with van der Waals surface area (Å²) in [6.45, 7) is 5.00. The van der Waals surface area contributed by atoms with Crippen molar-refractivity contribution in [3.05, 3.63) is 59.2 Å². The van der Waals surface area contributed by atoms with E-state index >= 15 is 0 Å². The lowest BCUT2D eigenvalue weighted by molar-refractivity contribution is -0.137. The highest BCUT2D eigenvalue weighted by molar-refractivity contribution is 6.21. The van der Waals surface area contributed by atoms with Crippen LogP contribution in [-0.2, 0) is 11.0 Å². The van der Waals surface area contributed by atoms with Gasteiger partial charge in [0.25, 0.3) is 17.8 Å². The molecule has 8 nitrogen and oxygen atoms in total. The predicted octanol–water partition coefficient (Wildman–Crippen LogP) is 3.58. The van der Waals surface area contributed by atoms with Gasteiger partial charge in [0.05, 0.1) is 16.7 Å². The normalized spacial score (nSPS) is 16.0. The number of fused-ring (bicyclic) bond motifs is 1. The van der Waals surface area contributed by atoms with Crippen LogP contribution >= 0.6 is 0 Å². The lowest BCUT2D eigenvalue weighted by Crippen LogP contribution is -2.46. The van der Waals surface area contributed by atoms with Crippen molar-refractivity contribution >= 4 is 29.2 Å². The van der Waals surface area contributed by atoms with Crippen LogP contribution in [0.2, 0.25) is 0 Å². The van der Waals surface area contributed by atoms with E-state index in [-0.39, 0.29) is 17.5 Å². The van der Waals surface area contributed by atoms with E-state index in [0.717, 1.165) is 39.0 Å². The second-order valence-electron chi connectivity index (χ2n) is 8.63. The van der Waals surface area contributed by atoms with Gasteiger partial charge in [0.15, 0.2) is 0 Å². The molecule has 1 fully saturated rings. The molecule has 2 aliphatic heterocycles. The van der Waals surface area contributed by atoms with Gasteiger partial charge in [-0.3, -0.25) is 24.2 Å². The standard InChI is InChI=1S/C23H25F3N4O2.C2H4O2/c24-23(25,26)19-15-16(7-8-20(19)27)29-13-11-28(12-14-29)9-3-4-10-30-21(31)17-5-1-2-6-18(17)22(30)32;1-2(3)4/h1-2,5-8,15H,3-4,9-14,27H2;1H3,(H,3,4). The molecular formula is C25H29F3N4O4. The van der Waals surface area contributed by atoms with Gasteiger partial charge >= 0.3 is 6.18 Å². The number of piperazine rings is 1. The molecule has 2 heterocycles. The van der Waals surface area contributed by atoms with Gasteiger partial charge in [-0.1, -0.05) is 12.1 Å². The number of carboxylic acids is 1. The van der Waals surface area contributed by atoms with Crippen LogP contribution in [0.5, 0.6) is 0 Å². The Bertz CT molecular complexity index is 1080. The lowest BCUT2D eigenvalue weighted by atomic mass is 10.1. The molecule has 0 atom stereocenters. The molecule has 0 aliphatic carbocycles. The minimum atomic E-state index is -4.47. The average Bonchev–Trinajstić information content (AvgIpc) is 3.06. The Morgan fingerprint density at radius 1 is 0.944 bits per heavy atom. The van der Waals surface area contributed by atoms with E-state index in [4.69, 9.17) is 15.6 Å². The summed E-state index contributed by atoms with van der Waals surface area (Å²) in [5, 5.41) is 7.42. The Morgan fingerprint density at radius 2 is 1.47 bits per heavy atom. The zero-order valence-corrected chi connectivity index (χ0v) is 19.9. The highest BCUT2D eigenvalue weighted by atomic mass is 19.4. The molecule has 2 aromatic rings. The predicted molar refractivity (Wildman–Crippen MR) is 129 cm³/mol. The molecule has 0 aromatic heterocycles. The second-order valence-corrected chi connectivity index (χ2v) is 8.63. The molecule has 2 aliphatic rings. The highest BCUT2D eigenvalue weighted by Crippen LogP contribution is 2.36. The number of aliphatic carboxylic acids is 1. The number of nitrogens with two attached hydrogens (primary N) is 1. The average molecular weight is 507 g/mol. The van der Waals surface area contributed by atoms with Gasteiger partial charge in [-0.05, 0) is 49.7 Å². The summed E-state index contributed by atoms with van der Waals surface area (Å²) >= 11 is 0. The van der Waals surface area contributed by atoms with Gasteiger partial charge < -0.3 is 15.7 Å². The number of benzene rings is 2. The number of carbonyl (C=O) groups excluding carboxylic acids is 2. The van der Waals surface area contributed by atoms with Crippen molar-refractivity contribution in [2.24, 2.45) is 0 Å². The molecule has 1 saturated heterocycles. The minimum absolute atomic E-state index is 0.235. The van der Waals surface area contributed by atoms with Gasteiger partial charge in [-0.2, -0.15) is 13.2 Å². The van der Waals surface area contributed by atoms with Crippen molar-refractivity contribution in [3.8, 4) is 0 Å². The Hall–Kier alpha value is -3.60. The quantitative estimate of drug-likeness (QED) is 0.350. The minimum Gasteiger partial charge on any atom is -0.481 e. The van der Waals surface area contributed by atoms with Crippen molar-refractivity contribution in [2.75, 3.05) is 49.9 Å². The zero-order chi connectivity index (χ0) is 26.5. The highest BCUT2D eigenvalue weighted by Gasteiger charge is 2.35. The number of halogens is 3. The van der Waals surface area contributed by atoms with Gasteiger partial charge in [0.1, 0.15) is 0 Å². The number of nitrogen functional groups attached to an aromatic ring is 1. The van der Waals surface area contributed by atoms with E-state index in [0.29, 0.717) is 42.9 Å². The van der Waals surface area contributed by atoms with Crippen molar-refractivity contribution in [3.63, 3.8) is 0 Å². The Balaban J connectivity index is 0.000000840. The second kappa shape index (κ2) is 11.4. The smallest absolute Gasteiger partial charge is 0.418 e. The number of anilines is 2. The number of alkyl halides is 3. The van der Waals surface area contributed by atoms with Crippen LogP contribution in [-0.4, -0.2) is 72.0 Å². The Morgan fingerprint density at radius 3 is 2.00 bits per heavy atom. The van der Waals surface area contributed by atoms with Gasteiger partial charge in [-0.15, -0.1) is 0 Å². The molecule has 0 saturated carbocycles. The molecule has 0 spiro atoms. The monoisotopic (exact) mass is 506 g/mol. The number of hydrogen-bond donors (Lipinski definition) is 2. The third kappa shape index (κ3) is 6.54. The molecule has 4 rings (SSSR count). The molecule has 11 heteroatoms. The van der Waals surface area contributed by atoms with Crippen molar-refractivity contribution < 1.29 is 32.7 Å². The van der Waals surface area contributed by atoms with Crippen LogP contribution in [0, 0.1) is 0 Å². The first-order valence-corrected chi connectivity index (χ1v) is 11.6. The van der Waals surface area contributed by atoms with Crippen molar-refractivity contribution in [1.82, 2.24) is 9.80 Å². The fourth-order valence-corrected chi connectivity index (χ4v) is 4.26. The van der Waals surface area contributed by atoms with E-state index in [9.17, 15) is 22.8 Å². The van der Waals surface area contributed by atoms with Gasteiger partial charge in [0.2, 0.25) is 0 Å². The van der Waals surface area contributed by atoms with Crippen LogP contribution in [0.25, 0.3) is 0 Å².